The maximum absolute atomic E-state index is 14.3. The fraction of sp³-hybridized carbons (Fsp3) is 0.611. The normalized spacial score (nSPS) is 24.1. The molecular formula is C54H78BrClN8O18S. The number of hydrogen-bond donors (Lipinski definition) is 6. The summed E-state index contributed by atoms with van der Waals surface area (Å²) < 4.78 is 45.5. The van der Waals surface area contributed by atoms with Crippen LogP contribution in [0.15, 0.2) is 48.6 Å². The summed E-state index contributed by atoms with van der Waals surface area (Å²) in [6, 6.07) is 2.34. The molecule has 9 atom stereocenters. The van der Waals surface area contributed by atoms with E-state index in [0.29, 0.717) is 17.9 Å². The third-order valence-corrected chi connectivity index (χ3v) is 15.8. The van der Waals surface area contributed by atoms with E-state index in [0.717, 1.165) is 33.9 Å². The molecule has 0 aromatic heterocycles. The van der Waals surface area contributed by atoms with Crippen LogP contribution in [-0.2, 0) is 77.9 Å². The Morgan fingerprint density at radius 3 is 2.42 bits per heavy atom. The zero-order valence-electron chi connectivity index (χ0n) is 48.0. The van der Waals surface area contributed by atoms with E-state index >= 15 is 0 Å². The number of epoxide rings is 1. The van der Waals surface area contributed by atoms with Crippen molar-refractivity contribution in [3.05, 3.63) is 59.2 Å². The molecule has 4 rings (SSSR count). The Balaban J connectivity index is 1.28. The number of esters is 1. The van der Waals surface area contributed by atoms with Crippen LogP contribution in [0.4, 0.5) is 10.5 Å². The molecule has 83 heavy (non-hydrogen) atoms. The maximum atomic E-state index is 14.3. The average Bonchev–Trinajstić information content (AvgIpc) is 4.28. The number of anilines is 1. The highest BCUT2D eigenvalue weighted by Crippen LogP contribution is 2.48. The topological polar surface area (TPSA) is 321 Å². The fourth-order valence-electron chi connectivity index (χ4n) is 8.57. The van der Waals surface area contributed by atoms with Gasteiger partial charge in [0.15, 0.2) is 0 Å². The number of imide groups is 1. The zero-order valence-corrected chi connectivity index (χ0v) is 51.2. The molecule has 2 saturated heterocycles. The molecule has 26 nitrogen and oxygen atoms in total. The first-order valence-electron chi connectivity index (χ1n) is 26.7. The average molecular weight is 1270 g/mol. The van der Waals surface area contributed by atoms with Gasteiger partial charge >= 0.3 is 12.1 Å². The molecule has 3 aliphatic rings. The molecule has 2 bridgehead atoms. The number of cyclic esters (lactones) is 1. The number of halogens is 2. The number of benzene rings is 1. The maximum Gasteiger partial charge on any atom is 0.422 e. The van der Waals surface area contributed by atoms with E-state index in [9.17, 15) is 48.3 Å². The van der Waals surface area contributed by atoms with Gasteiger partial charge in [0, 0.05) is 65.4 Å². The van der Waals surface area contributed by atoms with Gasteiger partial charge in [0.1, 0.15) is 47.5 Å². The number of likely N-dealkylation sites (tertiary alicyclic amines) is 1. The Morgan fingerprint density at radius 1 is 1.04 bits per heavy atom. The molecule has 1 aromatic carbocycles. The zero-order chi connectivity index (χ0) is 61.4. The number of hydrogen-bond acceptors (Lipinski definition) is 20. The van der Waals surface area contributed by atoms with E-state index in [1.807, 2.05) is 13.0 Å². The number of fused-ring (bicyclic) bond motifs is 3. The third kappa shape index (κ3) is 21.7. The van der Waals surface area contributed by atoms with Crippen LogP contribution < -0.4 is 36.4 Å². The van der Waals surface area contributed by atoms with Crippen molar-refractivity contribution in [1.29, 1.82) is 0 Å². The number of rotatable bonds is 28. The van der Waals surface area contributed by atoms with Crippen molar-refractivity contribution < 1.29 is 86.2 Å². The highest BCUT2D eigenvalue weighted by atomic mass is 79.9. The van der Waals surface area contributed by atoms with Gasteiger partial charge in [0.25, 0.3) is 0 Å². The molecule has 0 aliphatic carbocycles. The van der Waals surface area contributed by atoms with E-state index in [4.69, 9.17) is 49.5 Å². The molecule has 0 saturated carbocycles. The number of ether oxygens (including phenoxy) is 8. The van der Waals surface area contributed by atoms with Gasteiger partial charge in [-0.25, -0.2) is 9.59 Å². The molecule has 0 spiro atoms. The Kier molecular flexibility index (Phi) is 29.4. The van der Waals surface area contributed by atoms with Crippen LogP contribution in [0, 0.1) is 5.92 Å². The number of carbonyl (C=O) groups is 9. The number of nitrogens with zero attached hydrogens (tertiary/aromatic N) is 3. The molecule has 1 aromatic rings. The van der Waals surface area contributed by atoms with E-state index in [-0.39, 0.29) is 94.1 Å². The second-order valence-corrected chi connectivity index (χ2v) is 21.9. The monoisotopic (exact) mass is 1270 g/mol. The van der Waals surface area contributed by atoms with Crippen molar-refractivity contribution in [2.75, 3.05) is 110 Å². The minimum atomic E-state index is -1.36. The van der Waals surface area contributed by atoms with Gasteiger partial charge in [-0.2, -0.15) is 5.43 Å². The molecule has 29 heteroatoms. The predicted molar refractivity (Wildman–Crippen MR) is 308 cm³/mol. The number of hydrazine groups is 1. The molecular weight excluding hydrogens is 1200 g/mol. The standard InChI is InChI=1S/C54H78BrClN8O18S/c1-10-42(66)58-28-36(29-59-43(67)27-55)79-31-44(68)57-15-17-77-19-20-78-18-16-64-48(71)25-40(51(64)72)83-21-14-46(69)62(6)34(4)52(73)81-41-26-47(70)63(7)37-23-35(24-38(75-8)49(37)56)22-32(2)12-11-13-45(76-9)60-61-53(74)80-39(30-65)33(3)50-54(41,5)82-50/h10-13,23-24,33-34,36,39-41,45,50,60,65H,1,14-22,25-31H2,2-9H3,(H,57,68)(H,58,66)(H,59,67)(H,61,74)/b13-11+,32-12+/t33-,34+,36?,39+,40?,41+,45-,50+,54+/m1/s1. The molecule has 0 radical (unpaired) electrons. The number of aliphatic hydroxyl groups excluding tert-OH is 1. The highest BCUT2D eigenvalue weighted by molar-refractivity contribution is 9.09. The molecule has 6 N–H and O–H groups in total. The first kappa shape index (κ1) is 69.8. The van der Waals surface area contributed by atoms with Crippen LogP contribution in [0.3, 0.4) is 0 Å². The van der Waals surface area contributed by atoms with Gasteiger partial charge in [-0.05, 0) is 57.0 Å². The number of nitrogens with one attached hydrogen (secondary N) is 5. The Hall–Kier alpha value is -5.69. The summed E-state index contributed by atoms with van der Waals surface area (Å²) in [6.07, 6.45) is 0.565. The quantitative estimate of drug-likeness (QED) is 0.0173. The van der Waals surface area contributed by atoms with Crippen molar-refractivity contribution in [2.24, 2.45) is 5.92 Å². The summed E-state index contributed by atoms with van der Waals surface area (Å²) in [5, 5.41) is 17.7. The number of thioether (sulfide) groups is 1. The number of likely N-dealkylation sites (N-methyl/N-ethyl adjacent to an activating group) is 1. The molecule has 2 fully saturated rings. The van der Waals surface area contributed by atoms with Crippen LogP contribution in [0.2, 0.25) is 5.02 Å². The van der Waals surface area contributed by atoms with Crippen LogP contribution in [0.25, 0.3) is 0 Å². The van der Waals surface area contributed by atoms with Crippen molar-refractivity contribution in [1.82, 2.24) is 36.6 Å². The summed E-state index contributed by atoms with van der Waals surface area (Å²) in [4.78, 5) is 120. The minimum Gasteiger partial charge on any atom is -0.495 e. The lowest BCUT2D eigenvalue weighted by molar-refractivity contribution is -0.162. The SMILES string of the molecule is C=CC(=O)NCC(CNC(=O)CBr)OCC(=O)NCCOCCOCCN1C(=O)CC(SCCC(=O)N(C)[C@@H](C)C(=O)O[C@H]2CC(=O)N(C)c3cc(cc(OC)c3Cl)C/C(C)=C/C=C/[C@@H](OC)NNC(=O)O[C@@H](CO)[C@@H](C)[C@@H]3O[C@@]23C)C1=O. The number of aliphatic hydroxyl groups is 1. The highest BCUT2D eigenvalue weighted by Gasteiger charge is 2.63. The second kappa shape index (κ2) is 34.9. The van der Waals surface area contributed by atoms with Gasteiger partial charge in [0.2, 0.25) is 41.4 Å². The summed E-state index contributed by atoms with van der Waals surface area (Å²) in [6.45, 7) is 9.86. The number of amides is 8. The largest absolute Gasteiger partial charge is 0.495 e. The summed E-state index contributed by atoms with van der Waals surface area (Å²) in [5.74, 6) is -4.08. The predicted octanol–water partition coefficient (Wildman–Crippen LogP) is 1.48. The number of methoxy groups -OCH3 is 2. The minimum absolute atomic E-state index is 0.00237. The van der Waals surface area contributed by atoms with Crippen LogP contribution in [0.5, 0.6) is 5.75 Å². The van der Waals surface area contributed by atoms with Gasteiger partial charge in [0.05, 0.1) is 81.6 Å². The summed E-state index contributed by atoms with van der Waals surface area (Å²) in [5.41, 5.74) is 5.75. The lowest BCUT2D eigenvalue weighted by Gasteiger charge is -2.30. The second-order valence-electron chi connectivity index (χ2n) is 19.7. The number of carbonyl (C=O) groups excluding carboxylic acids is 9. The van der Waals surface area contributed by atoms with Crippen LogP contribution in [-0.4, -0.2) is 221 Å². The third-order valence-electron chi connectivity index (χ3n) is 13.7. The van der Waals surface area contributed by atoms with E-state index in [1.54, 1.807) is 38.1 Å². The van der Waals surface area contributed by atoms with Crippen molar-refractivity contribution in [3.63, 3.8) is 0 Å². The van der Waals surface area contributed by atoms with Gasteiger partial charge < -0.3 is 68.8 Å². The molecule has 462 valence electrons. The summed E-state index contributed by atoms with van der Waals surface area (Å²) >= 11 is 11.0. The first-order chi connectivity index (χ1) is 39.5. The Labute approximate surface area is 500 Å². The van der Waals surface area contributed by atoms with Gasteiger partial charge in [-0.3, -0.25) is 43.9 Å². The van der Waals surface area contributed by atoms with Crippen molar-refractivity contribution >= 4 is 98.4 Å². The lowest BCUT2D eigenvalue weighted by Crippen LogP contribution is -2.48. The number of alkyl halides is 1. The van der Waals surface area contributed by atoms with Gasteiger partial charge in [-0.15, -0.1) is 11.8 Å². The molecule has 8 amide bonds. The van der Waals surface area contributed by atoms with E-state index in [1.165, 1.54) is 45.0 Å². The number of allylic oxidation sites excluding steroid dienone is 3. The molecule has 3 heterocycles. The molecule has 3 aliphatic heterocycles. The first-order valence-corrected chi connectivity index (χ1v) is 29.3. The van der Waals surface area contributed by atoms with Crippen LogP contribution >= 0.6 is 39.3 Å². The smallest absolute Gasteiger partial charge is 0.422 e. The van der Waals surface area contributed by atoms with E-state index < -0.39 is 114 Å². The van der Waals surface area contributed by atoms with Crippen molar-refractivity contribution in [3.8, 4) is 5.75 Å². The summed E-state index contributed by atoms with van der Waals surface area (Å²) in [7, 11) is 5.83. The van der Waals surface area contributed by atoms with E-state index in [2.05, 4.69) is 49.3 Å². The Morgan fingerprint density at radius 2 is 1.75 bits per heavy atom. The van der Waals surface area contributed by atoms with Gasteiger partial charge in [-0.1, -0.05) is 58.8 Å². The Bertz CT molecular complexity index is 2510. The lowest BCUT2D eigenvalue weighted by atomic mass is 9.88. The molecule has 2 unspecified atom stereocenters. The van der Waals surface area contributed by atoms with Crippen molar-refractivity contribution in [2.45, 2.75) is 101 Å². The fourth-order valence-corrected chi connectivity index (χ4v) is 10.2. The van der Waals surface area contributed by atoms with Crippen LogP contribution in [0.1, 0.15) is 52.5 Å².